The van der Waals surface area contributed by atoms with Crippen molar-refractivity contribution in [3.05, 3.63) is 54.4 Å². The Morgan fingerprint density at radius 2 is 1.87 bits per heavy atom. The molecule has 31 heavy (non-hydrogen) atoms. The third-order valence-corrected chi connectivity index (χ3v) is 4.78. The monoisotopic (exact) mass is 421 g/mol. The summed E-state index contributed by atoms with van der Waals surface area (Å²) in [5.41, 5.74) is 3.82. The smallest absolute Gasteiger partial charge is 0.133 e. The lowest BCUT2D eigenvalue weighted by molar-refractivity contribution is 0.290. The Kier molecular flexibility index (Phi) is 7.40. The number of benzene rings is 1. The van der Waals surface area contributed by atoms with Gasteiger partial charge in [-0.25, -0.2) is 4.98 Å². The van der Waals surface area contributed by atoms with E-state index >= 15 is 0 Å². The fourth-order valence-electron chi connectivity index (χ4n) is 3.22. The summed E-state index contributed by atoms with van der Waals surface area (Å²) >= 11 is 0. The molecule has 0 aliphatic heterocycles. The van der Waals surface area contributed by atoms with E-state index in [-0.39, 0.29) is 6.61 Å². The summed E-state index contributed by atoms with van der Waals surface area (Å²) < 4.78 is 10.8. The zero-order chi connectivity index (χ0) is 22.2. The lowest BCUT2D eigenvalue weighted by Gasteiger charge is -2.25. The van der Waals surface area contributed by atoms with Crippen molar-refractivity contribution in [2.75, 3.05) is 39.3 Å². The molecule has 3 rings (SSSR count). The van der Waals surface area contributed by atoms with Gasteiger partial charge < -0.3 is 30.2 Å². The molecule has 0 aliphatic carbocycles. The van der Waals surface area contributed by atoms with Crippen LogP contribution in [0.15, 0.2) is 48.8 Å². The number of hydrogen-bond acceptors (Lipinski definition) is 8. The molecule has 2 heterocycles. The van der Waals surface area contributed by atoms with Crippen LogP contribution in [0.2, 0.25) is 0 Å². The van der Waals surface area contributed by atoms with Crippen LogP contribution in [0.1, 0.15) is 12.0 Å². The second-order valence-electron chi connectivity index (χ2n) is 6.76. The standard InChI is InChI=1S/C23H27N5O3/c1-25-14-17(13-24)16-9-22-21(26-15-16)5-6-23(27-22)28(7-4-8-29)18-10-19(30-2)12-20(11-18)31-3/h5-6,9-15,24-25,29H,4,7-8H2,1-3H3/b17-14+,24-13?. The third-order valence-electron chi connectivity index (χ3n) is 4.78. The van der Waals surface area contributed by atoms with E-state index in [2.05, 4.69) is 10.3 Å². The molecule has 0 radical (unpaired) electrons. The summed E-state index contributed by atoms with van der Waals surface area (Å²) in [5, 5.41) is 20.0. The lowest BCUT2D eigenvalue weighted by atomic mass is 10.1. The fourth-order valence-corrected chi connectivity index (χ4v) is 3.22. The number of aliphatic hydroxyl groups is 1. The van der Waals surface area contributed by atoms with Gasteiger partial charge in [-0.2, -0.15) is 0 Å². The van der Waals surface area contributed by atoms with Crippen LogP contribution in [0.25, 0.3) is 16.6 Å². The van der Waals surface area contributed by atoms with Gasteiger partial charge in [0.1, 0.15) is 17.3 Å². The Balaban J connectivity index is 2.09. The summed E-state index contributed by atoms with van der Waals surface area (Å²) in [6.45, 7) is 0.623. The summed E-state index contributed by atoms with van der Waals surface area (Å²) in [6.07, 6.45) is 5.32. The predicted molar refractivity (Wildman–Crippen MR) is 124 cm³/mol. The molecular formula is C23H27N5O3. The van der Waals surface area contributed by atoms with E-state index in [1.54, 1.807) is 33.7 Å². The number of aliphatic hydroxyl groups excluding tert-OH is 1. The van der Waals surface area contributed by atoms with E-state index in [0.29, 0.717) is 41.4 Å². The van der Waals surface area contributed by atoms with Crippen LogP contribution in [0.5, 0.6) is 11.5 Å². The van der Waals surface area contributed by atoms with Crippen molar-refractivity contribution in [2.24, 2.45) is 0 Å². The van der Waals surface area contributed by atoms with Gasteiger partial charge in [0, 0.05) is 73.8 Å². The van der Waals surface area contributed by atoms with Crippen molar-refractivity contribution < 1.29 is 14.6 Å². The number of ether oxygens (including phenoxy) is 2. The zero-order valence-corrected chi connectivity index (χ0v) is 17.9. The van der Waals surface area contributed by atoms with Gasteiger partial charge in [0.15, 0.2) is 0 Å². The van der Waals surface area contributed by atoms with Crippen LogP contribution >= 0.6 is 0 Å². The minimum atomic E-state index is 0.0639. The number of hydrogen-bond donors (Lipinski definition) is 3. The highest BCUT2D eigenvalue weighted by Gasteiger charge is 2.15. The number of methoxy groups -OCH3 is 2. The van der Waals surface area contributed by atoms with E-state index < -0.39 is 0 Å². The molecule has 0 spiro atoms. The Labute approximate surface area is 181 Å². The molecule has 0 fully saturated rings. The summed E-state index contributed by atoms with van der Waals surface area (Å²) in [6, 6.07) is 11.4. The number of nitrogens with zero attached hydrogens (tertiary/aromatic N) is 3. The van der Waals surface area contributed by atoms with Gasteiger partial charge in [-0.3, -0.25) is 4.98 Å². The van der Waals surface area contributed by atoms with Gasteiger partial charge in [-0.15, -0.1) is 0 Å². The number of rotatable bonds is 10. The van der Waals surface area contributed by atoms with Crippen molar-refractivity contribution in [1.29, 1.82) is 5.41 Å². The molecule has 0 atom stereocenters. The van der Waals surface area contributed by atoms with E-state index in [1.807, 2.05) is 41.3 Å². The van der Waals surface area contributed by atoms with Gasteiger partial charge in [0.2, 0.25) is 0 Å². The molecule has 2 aromatic heterocycles. The first kappa shape index (κ1) is 22.0. The summed E-state index contributed by atoms with van der Waals surface area (Å²) in [5.74, 6) is 2.05. The van der Waals surface area contributed by atoms with Crippen LogP contribution in [0.4, 0.5) is 11.5 Å². The number of fused-ring (bicyclic) bond motifs is 1. The first-order valence-electron chi connectivity index (χ1n) is 9.90. The van der Waals surface area contributed by atoms with Gasteiger partial charge in [0.25, 0.3) is 0 Å². The molecule has 3 N–H and O–H groups in total. The third kappa shape index (κ3) is 5.10. The Hall–Kier alpha value is -3.65. The van der Waals surface area contributed by atoms with Crippen molar-refractivity contribution in [2.45, 2.75) is 6.42 Å². The van der Waals surface area contributed by atoms with E-state index in [0.717, 1.165) is 16.8 Å². The highest BCUT2D eigenvalue weighted by Crippen LogP contribution is 2.33. The molecule has 8 heteroatoms. The number of anilines is 2. The Morgan fingerprint density at radius 1 is 1.13 bits per heavy atom. The van der Waals surface area contributed by atoms with E-state index in [1.165, 1.54) is 6.21 Å². The minimum Gasteiger partial charge on any atom is -0.497 e. The summed E-state index contributed by atoms with van der Waals surface area (Å²) in [4.78, 5) is 11.3. The molecule has 3 aromatic rings. The van der Waals surface area contributed by atoms with Gasteiger partial charge >= 0.3 is 0 Å². The van der Waals surface area contributed by atoms with Crippen molar-refractivity contribution in [3.63, 3.8) is 0 Å². The molecule has 162 valence electrons. The predicted octanol–water partition coefficient (Wildman–Crippen LogP) is 3.38. The molecule has 0 unspecified atom stereocenters. The zero-order valence-electron chi connectivity index (χ0n) is 17.9. The maximum absolute atomic E-state index is 9.42. The molecule has 1 aromatic carbocycles. The number of allylic oxidation sites excluding steroid dienone is 1. The lowest BCUT2D eigenvalue weighted by Crippen LogP contribution is -2.20. The average molecular weight is 422 g/mol. The van der Waals surface area contributed by atoms with Crippen LogP contribution in [0, 0.1) is 5.41 Å². The van der Waals surface area contributed by atoms with Crippen LogP contribution in [-0.4, -0.2) is 55.7 Å². The molecule has 0 bridgehead atoms. The van der Waals surface area contributed by atoms with Crippen molar-refractivity contribution in [1.82, 2.24) is 15.3 Å². The van der Waals surface area contributed by atoms with Gasteiger partial charge in [0.05, 0.1) is 25.3 Å². The topological polar surface area (TPSA) is 104 Å². The summed E-state index contributed by atoms with van der Waals surface area (Å²) in [7, 11) is 5.01. The largest absolute Gasteiger partial charge is 0.497 e. The van der Waals surface area contributed by atoms with Crippen molar-refractivity contribution >= 4 is 34.3 Å². The molecule has 0 aliphatic rings. The number of aromatic nitrogens is 2. The highest BCUT2D eigenvalue weighted by atomic mass is 16.5. The number of pyridine rings is 2. The maximum Gasteiger partial charge on any atom is 0.133 e. The SMILES string of the molecule is CN/C=C(\C=N)c1cnc2ccc(N(CCCO)c3cc(OC)cc(OC)c3)nc2c1. The fraction of sp³-hybridized carbons (Fsp3) is 0.261. The van der Waals surface area contributed by atoms with Crippen LogP contribution in [-0.2, 0) is 0 Å². The minimum absolute atomic E-state index is 0.0639. The van der Waals surface area contributed by atoms with Crippen LogP contribution < -0.4 is 19.7 Å². The highest BCUT2D eigenvalue weighted by molar-refractivity contribution is 6.08. The van der Waals surface area contributed by atoms with Crippen molar-refractivity contribution in [3.8, 4) is 11.5 Å². The number of nitrogens with one attached hydrogen (secondary N) is 2. The second-order valence-corrected chi connectivity index (χ2v) is 6.76. The molecule has 8 nitrogen and oxygen atoms in total. The molecule has 0 saturated heterocycles. The Morgan fingerprint density at radius 3 is 2.48 bits per heavy atom. The first-order valence-corrected chi connectivity index (χ1v) is 9.90. The maximum atomic E-state index is 9.42. The second kappa shape index (κ2) is 10.4. The molecule has 0 amide bonds. The molecular weight excluding hydrogens is 394 g/mol. The van der Waals surface area contributed by atoms with E-state index in [9.17, 15) is 5.11 Å². The molecule has 0 saturated carbocycles. The van der Waals surface area contributed by atoms with Gasteiger partial charge in [-0.1, -0.05) is 0 Å². The van der Waals surface area contributed by atoms with E-state index in [4.69, 9.17) is 19.9 Å². The normalized spacial score (nSPS) is 11.3. The van der Waals surface area contributed by atoms with Crippen LogP contribution in [0.3, 0.4) is 0 Å². The first-order chi connectivity index (χ1) is 15.1. The van der Waals surface area contributed by atoms with Gasteiger partial charge in [-0.05, 0) is 24.6 Å². The average Bonchev–Trinajstić information content (AvgIpc) is 2.82. The Bertz CT molecular complexity index is 1060. The quantitative estimate of drug-likeness (QED) is 0.431.